The maximum absolute atomic E-state index is 12.6. The Balaban J connectivity index is 2.05. The Morgan fingerprint density at radius 2 is 1.96 bits per heavy atom. The van der Waals surface area contributed by atoms with Crippen molar-refractivity contribution in [2.45, 2.75) is 0 Å². The van der Waals surface area contributed by atoms with Gasteiger partial charge in [0, 0.05) is 0 Å². The fraction of sp³-hybridized carbons (Fsp3) is 0.0667. The molecule has 1 heterocycles. The Kier molecular flexibility index (Phi) is 4.02. The van der Waals surface area contributed by atoms with Gasteiger partial charge in [-0.15, -0.1) is 0 Å². The van der Waals surface area contributed by atoms with E-state index in [9.17, 15) is 9.59 Å². The van der Waals surface area contributed by atoms with Crippen molar-refractivity contribution in [3.8, 4) is 5.75 Å². The fourth-order valence-corrected chi connectivity index (χ4v) is 2.67. The number of benzene rings is 2. The fourth-order valence-electron chi connectivity index (χ4n) is 2.20. The van der Waals surface area contributed by atoms with Gasteiger partial charge in [-0.3, -0.25) is 9.78 Å². The van der Waals surface area contributed by atoms with Crippen LogP contribution in [0.4, 0.5) is 5.69 Å². The first kappa shape index (κ1) is 15.5. The van der Waals surface area contributed by atoms with E-state index in [1.807, 2.05) is 0 Å². The SMILES string of the molecule is COc1c(Cl)ccc(Cl)c1C(=O)Nc1cccc2[nH]c(=O)oc12. The molecule has 6 nitrogen and oxygen atoms in total. The van der Waals surface area contributed by atoms with E-state index < -0.39 is 11.7 Å². The van der Waals surface area contributed by atoms with E-state index in [1.165, 1.54) is 19.2 Å². The lowest BCUT2D eigenvalue weighted by Gasteiger charge is -2.12. The number of oxazole rings is 1. The van der Waals surface area contributed by atoms with Crippen LogP contribution < -0.4 is 15.8 Å². The maximum atomic E-state index is 12.6. The molecule has 2 N–H and O–H groups in total. The van der Waals surface area contributed by atoms with Gasteiger partial charge < -0.3 is 14.5 Å². The van der Waals surface area contributed by atoms with E-state index in [0.717, 1.165) is 0 Å². The van der Waals surface area contributed by atoms with Crippen molar-refractivity contribution in [2.24, 2.45) is 0 Å². The van der Waals surface area contributed by atoms with Gasteiger partial charge in [-0.25, -0.2) is 4.79 Å². The highest BCUT2D eigenvalue weighted by atomic mass is 35.5. The molecule has 0 aliphatic heterocycles. The summed E-state index contributed by atoms with van der Waals surface area (Å²) >= 11 is 12.1. The third-order valence-electron chi connectivity index (χ3n) is 3.18. The van der Waals surface area contributed by atoms with Gasteiger partial charge in [0.05, 0.1) is 28.4 Å². The molecule has 3 rings (SSSR count). The molecule has 1 aromatic heterocycles. The summed E-state index contributed by atoms with van der Waals surface area (Å²) in [7, 11) is 1.39. The zero-order valence-electron chi connectivity index (χ0n) is 11.8. The number of rotatable bonds is 3. The number of methoxy groups -OCH3 is 1. The number of aromatic amines is 1. The predicted octanol–water partition coefficient (Wildman–Crippen LogP) is 3.69. The van der Waals surface area contributed by atoms with Gasteiger partial charge in [0.25, 0.3) is 5.91 Å². The van der Waals surface area contributed by atoms with E-state index in [4.69, 9.17) is 32.4 Å². The molecule has 0 fully saturated rings. The quantitative estimate of drug-likeness (QED) is 0.752. The summed E-state index contributed by atoms with van der Waals surface area (Å²) in [6, 6.07) is 7.95. The normalized spacial score (nSPS) is 10.7. The number of fused-ring (bicyclic) bond motifs is 1. The van der Waals surface area contributed by atoms with Crippen LogP contribution in [-0.2, 0) is 0 Å². The minimum atomic E-state index is -0.611. The standard InChI is InChI=1S/C15H10Cl2N2O4/c1-22-12-8(17)6-5-7(16)11(12)14(20)18-9-3-2-4-10-13(9)23-15(21)19-10/h2-6H,1H3,(H,18,20)(H,19,21). The van der Waals surface area contributed by atoms with E-state index in [2.05, 4.69) is 10.3 Å². The third-order valence-corrected chi connectivity index (χ3v) is 3.80. The van der Waals surface area contributed by atoms with Crippen molar-refractivity contribution in [3.63, 3.8) is 0 Å². The molecule has 0 bridgehead atoms. The zero-order chi connectivity index (χ0) is 16.6. The van der Waals surface area contributed by atoms with Gasteiger partial charge in [-0.05, 0) is 24.3 Å². The predicted molar refractivity (Wildman–Crippen MR) is 87.8 cm³/mol. The lowest BCUT2D eigenvalue weighted by atomic mass is 10.1. The van der Waals surface area contributed by atoms with Gasteiger partial charge >= 0.3 is 5.76 Å². The number of ether oxygens (including phenoxy) is 1. The highest BCUT2D eigenvalue weighted by Crippen LogP contribution is 2.34. The van der Waals surface area contributed by atoms with E-state index in [1.54, 1.807) is 18.2 Å². The van der Waals surface area contributed by atoms with E-state index in [-0.39, 0.29) is 26.9 Å². The number of halogens is 2. The smallest absolute Gasteiger partial charge is 0.417 e. The van der Waals surface area contributed by atoms with Crippen LogP contribution >= 0.6 is 23.2 Å². The van der Waals surface area contributed by atoms with Crippen molar-refractivity contribution in [2.75, 3.05) is 12.4 Å². The second kappa shape index (κ2) is 5.98. The first-order valence-electron chi connectivity index (χ1n) is 6.46. The number of H-pyrrole nitrogens is 1. The second-order valence-corrected chi connectivity index (χ2v) is 5.40. The van der Waals surface area contributed by atoms with Crippen LogP contribution in [0, 0.1) is 0 Å². The van der Waals surface area contributed by atoms with Crippen molar-refractivity contribution in [1.29, 1.82) is 0 Å². The summed E-state index contributed by atoms with van der Waals surface area (Å²) in [5, 5.41) is 3.09. The first-order chi connectivity index (χ1) is 11.0. The molecule has 2 aromatic carbocycles. The van der Waals surface area contributed by atoms with Gasteiger partial charge in [-0.2, -0.15) is 0 Å². The molecule has 3 aromatic rings. The minimum absolute atomic E-state index is 0.0940. The molecule has 0 atom stereocenters. The minimum Gasteiger partial charge on any atom is -0.494 e. The van der Waals surface area contributed by atoms with Crippen molar-refractivity contribution in [3.05, 3.63) is 56.5 Å². The topological polar surface area (TPSA) is 84.3 Å². The summed E-state index contributed by atoms with van der Waals surface area (Å²) < 4.78 is 10.2. The molecule has 0 unspecified atom stereocenters. The number of hydrogen-bond donors (Lipinski definition) is 2. The summed E-state index contributed by atoms with van der Waals surface area (Å²) in [4.78, 5) is 26.4. The number of carbonyl (C=O) groups excluding carboxylic acids is 1. The summed E-state index contributed by atoms with van der Waals surface area (Å²) in [5.74, 6) is -0.981. The molecule has 8 heteroatoms. The number of carbonyl (C=O) groups is 1. The van der Waals surface area contributed by atoms with Crippen LogP contribution in [-0.4, -0.2) is 18.0 Å². The molecule has 1 amide bonds. The Hall–Kier alpha value is -2.44. The second-order valence-electron chi connectivity index (χ2n) is 4.59. The molecular formula is C15H10Cl2N2O4. The van der Waals surface area contributed by atoms with Crippen LogP contribution in [0.3, 0.4) is 0 Å². The van der Waals surface area contributed by atoms with Crippen molar-refractivity contribution >= 4 is 45.9 Å². The lowest BCUT2D eigenvalue weighted by Crippen LogP contribution is -2.14. The summed E-state index contributed by atoms with van der Waals surface area (Å²) in [6.07, 6.45) is 0. The lowest BCUT2D eigenvalue weighted by molar-refractivity contribution is 0.102. The first-order valence-corrected chi connectivity index (χ1v) is 7.22. The molecule has 0 radical (unpaired) electrons. The van der Waals surface area contributed by atoms with Crippen molar-refractivity contribution < 1.29 is 13.9 Å². The van der Waals surface area contributed by atoms with Crippen molar-refractivity contribution in [1.82, 2.24) is 4.98 Å². The largest absolute Gasteiger partial charge is 0.494 e. The highest BCUT2D eigenvalue weighted by molar-refractivity contribution is 6.37. The van der Waals surface area contributed by atoms with Gasteiger partial charge in [0.1, 0.15) is 5.56 Å². The van der Waals surface area contributed by atoms with Gasteiger partial charge in [0.15, 0.2) is 11.3 Å². The number of aromatic nitrogens is 1. The summed E-state index contributed by atoms with van der Waals surface area (Å²) in [5.41, 5.74) is 1.13. The molecule has 0 aliphatic rings. The Morgan fingerprint density at radius 3 is 2.70 bits per heavy atom. The molecular weight excluding hydrogens is 343 g/mol. The van der Waals surface area contributed by atoms with E-state index in [0.29, 0.717) is 11.2 Å². The average molecular weight is 353 g/mol. The van der Waals surface area contributed by atoms with Crippen LogP contribution in [0.15, 0.2) is 39.5 Å². The number of amides is 1. The number of anilines is 1. The van der Waals surface area contributed by atoms with Gasteiger partial charge in [-0.1, -0.05) is 29.3 Å². The third kappa shape index (κ3) is 2.78. The molecule has 0 aliphatic carbocycles. The van der Waals surface area contributed by atoms with Crippen LogP contribution in [0.25, 0.3) is 11.1 Å². The zero-order valence-corrected chi connectivity index (χ0v) is 13.3. The Labute approximate surface area is 140 Å². The van der Waals surface area contributed by atoms with Gasteiger partial charge in [0.2, 0.25) is 0 Å². The average Bonchev–Trinajstić information content (AvgIpc) is 2.90. The Bertz CT molecular complexity index is 962. The van der Waals surface area contributed by atoms with E-state index >= 15 is 0 Å². The maximum Gasteiger partial charge on any atom is 0.417 e. The molecule has 0 saturated heterocycles. The summed E-state index contributed by atoms with van der Waals surface area (Å²) in [6.45, 7) is 0. The number of hydrogen-bond acceptors (Lipinski definition) is 4. The highest BCUT2D eigenvalue weighted by Gasteiger charge is 2.20. The number of nitrogens with one attached hydrogen (secondary N) is 2. The van der Waals surface area contributed by atoms with Crippen LogP contribution in [0.2, 0.25) is 10.0 Å². The van der Waals surface area contributed by atoms with Crippen LogP contribution in [0.1, 0.15) is 10.4 Å². The molecule has 118 valence electrons. The Morgan fingerprint density at radius 1 is 1.22 bits per heavy atom. The number of para-hydroxylation sites is 1. The molecule has 0 spiro atoms. The monoisotopic (exact) mass is 352 g/mol. The molecule has 0 saturated carbocycles. The molecule has 23 heavy (non-hydrogen) atoms. The van der Waals surface area contributed by atoms with Crippen LogP contribution in [0.5, 0.6) is 5.75 Å².